The number of nitrogens with two attached hydrogens (primary N) is 1. The maximum atomic E-state index is 12.8. The molecule has 0 amide bonds. The van der Waals surface area contributed by atoms with E-state index in [9.17, 15) is 8.42 Å². The topological polar surface area (TPSA) is 63.4 Å². The average molecular weight is 398 g/mol. The van der Waals surface area contributed by atoms with Crippen molar-refractivity contribution in [3.05, 3.63) is 28.2 Å². The largest absolute Gasteiger partial charge is 0.328 e. The third-order valence-electron chi connectivity index (χ3n) is 3.87. The molecule has 1 fully saturated rings. The van der Waals surface area contributed by atoms with Crippen molar-refractivity contribution in [1.29, 1.82) is 0 Å². The first kappa shape index (κ1) is 18.9. The summed E-state index contributed by atoms with van der Waals surface area (Å²) >= 11 is 3.35. The molecule has 1 heterocycles. The molecule has 0 spiro atoms. The van der Waals surface area contributed by atoms with E-state index >= 15 is 0 Å². The third kappa shape index (κ3) is 4.20. The van der Waals surface area contributed by atoms with Gasteiger partial charge >= 0.3 is 0 Å². The third-order valence-corrected chi connectivity index (χ3v) is 6.73. The summed E-state index contributed by atoms with van der Waals surface area (Å²) in [6.07, 6.45) is 1.87. The van der Waals surface area contributed by atoms with Crippen molar-refractivity contribution in [1.82, 2.24) is 4.31 Å². The Morgan fingerprint density at radius 1 is 1.43 bits per heavy atom. The fraction of sp³-hybridized carbons (Fsp3) is 0.571. The van der Waals surface area contributed by atoms with Crippen molar-refractivity contribution < 1.29 is 8.42 Å². The van der Waals surface area contributed by atoms with Gasteiger partial charge in [-0.2, -0.15) is 4.31 Å². The minimum atomic E-state index is -3.45. The molecule has 2 N–H and O–H groups in total. The van der Waals surface area contributed by atoms with Crippen LogP contribution in [-0.4, -0.2) is 31.9 Å². The van der Waals surface area contributed by atoms with Gasteiger partial charge in [0.1, 0.15) is 0 Å². The summed E-state index contributed by atoms with van der Waals surface area (Å²) < 4.78 is 27.8. The summed E-state index contributed by atoms with van der Waals surface area (Å²) in [5, 5.41) is 0. The van der Waals surface area contributed by atoms with Crippen LogP contribution in [0.5, 0.6) is 0 Å². The van der Waals surface area contributed by atoms with E-state index < -0.39 is 10.0 Å². The Labute approximate surface area is 141 Å². The zero-order valence-corrected chi connectivity index (χ0v) is 15.5. The molecule has 1 aliphatic heterocycles. The number of sulfonamides is 1. The van der Waals surface area contributed by atoms with Gasteiger partial charge in [-0.05, 0) is 66.2 Å². The molecule has 2 rings (SSSR count). The number of piperidine rings is 1. The minimum Gasteiger partial charge on any atom is -0.328 e. The van der Waals surface area contributed by atoms with Gasteiger partial charge in [0.2, 0.25) is 10.0 Å². The van der Waals surface area contributed by atoms with Crippen LogP contribution in [0.3, 0.4) is 0 Å². The molecule has 0 radical (unpaired) electrons. The van der Waals surface area contributed by atoms with Crippen molar-refractivity contribution in [3.8, 4) is 0 Å². The van der Waals surface area contributed by atoms with E-state index in [2.05, 4.69) is 15.9 Å². The molecule has 0 bridgehead atoms. The normalized spacial score (nSPS) is 21.6. The molecule has 1 aliphatic rings. The molecular weight excluding hydrogens is 376 g/mol. The lowest BCUT2D eigenvalue weighted by molar-refractivity contribution is 0.243. The lowest BCUT2D eigenvalue weighted by Gasteiger charge is -2.34. The Hall–Kier alpha value is -0.140. The molecule has 120 valence electrons. The summed E-state index contributed by atoms with van der Waals surface area (Å²) in [6, 6.07) is 5.42. The highest BCUT2D eigenvalue weighted by molar-refractivity contribution is 9.10. The highest BCUT2D eigenvalue weighted by Crippen LogP contribution is 2.29. The number of benzene rings is 1. The predicted molar refractivity (Wildman–Crippen MR) is 91.3 cm³/mol. The van der Waals surface area contributed by atoms with Gasteiger partial charge in [0.05, 0.1) is 4.90 Å². The molecule has 7 heteroatoms. The summed E-state index contributed by atoms with van der Waals surface area (Å²) in [7, 11) is -3.45. The molecule has 1 aromatic carbocycles. The molecule has 1 saturated heterocycles. The average Bonchev–Trinajstić information content (AvgIpc) is 2.41. The van der Waals surface area contributed by atoms with E-state index in [-0.39, 0.29) is 24.4 Å². The number of hydrogen-bond donors (Lipinski definition) is 1. The van der Waals surface area contributed by atoms with Crippen LogP contribution in [0.2, 0.25) is 0 Å². The lowest BCUT2D eigenvalue weighted by atomic mass is 9.93. The van der Waals surface area contributed by atoms with Crippen LogP contribution < -0.4 is 5.73 Å². The molecule has 2 atom stereocenters. The molecule has 1 aromatic rings. The van der Waals surface area contributed by atoms with E-state index in [0.29, 0.717) is 22.5 Å². The highest BCUT2D eigenvalue weighted by Gasteiger charge is 2.32. The van der Waals surface area contributed by atoms with Crippen molar-refractivity contribution in [2.24, 2.45) is 11.7 Å². The first-order valence-electron chi connectivity index (χ1n) is 6.84. The summed E-state index contributed by atoms with van der Waals surface area (Å²) in [4.78, 5) is 0.350. The Morgan fingerprint density at radius 3 is 2.71 bits per heavy atom. The SMILES string of the molecule is Cc1ccc(Br)c(S(=O)(=O)N2CCCC(C(C)N)C2)c1.Cl. The van der Waals surface area contributed by atoms with Crippen molar-refractivity contribution in [2.75, 3.05) is 13.1 Å². The van der Waals surface area contributed by atoms with Gasteiger partial charge in [-0.15, -0.1) is 12.4 Å². The van der Waals surface area contributed by atoms with Gasteiger partial charge in [0, 0.05) is 23.6 Å². The number of aryl methyl sites for hydroxylation is 1. The van der Waals surface area contributed by atoms with Crippen LogP contribution in [-0.2, 0) is 10.0 Å². The molecule has 0 aromatic heterocycles. The maximum Gasteiger partial charge on any atom is 0.244 e. The van der Waals surface area contributed by atoms with Crippen LogP contribution in [0, 0.1) is 12.8 Å². The predicted octanol–water partition coefficient (Wildman–Crippen LogP) is 2.93. The Balaban J connectivity index is 0.00000220. The van der Waals surface area contributed by atoms with Gasteiger partial charge in [0.15, 0.2) is 0 Å². The zero-order chi connectivity index (χ0) is 14.9. The Kier molecular flexibility index (Phi) is 6.68. The second-order valence-corrected chi connectivity index (χ2v) is 8.32. The fourth-order valence-electron chi connectivity index (χ4n) is 2.57. The fourth-order valence-corrected chi connectivity index (χ4v) is 5.11. The smallest absolute Gasteiger partial charge is 0.244 e. The van der Waals surface area contributed by atoms with Crippen molar-refractivity contribution in [2.45, 2.75) is 37.6 Å². The van der Waals surface area contributed by atoms with Gasteiger partial charge < -0.3 is 5.73 Å². The standard InChI is InChI=1S/C14H21BrN2O2S.ClH/c1-10-5-6-13(15)14(8-10)20(18,19)17-7-3-4-12(9-17)11(2)16;/h5-6,8,11-12H,3-4,7,9,16H2,1-2H3;1H. The molecule has 0 saturated carbocycles. The zero-order valence-electron chi connectivity index (χ0n) is 12.3. The molecule has 2 unspecified atom stereocenters. The number of rotatable bonds is 3. The highest BCUT2D eigenvalue weighted by atomic mass is 79.9. The van der Waals surface area contributed by atoms with E-state index in [4.69, 9.17) is 5.73 Å². The first-order valence-corrected chi connectivity index (χ1v) is 9.07. The van der Waals surface area contributed by atoms with E-state index in [1.54, 1.807) is 16.4 Å². The second-order valence-electron chi connectivity index (χ2n) is 5.56. The summed E-state index contributed by atoms with van der Waals surface area (Å²) in [6.45, 7) is 4.93. The van der Waals surface area contributed by atoms with Crippen LogP contribution >= 0.6 is 28.3 Å². The second kappa shape index (κ2) is 7.42. The van der Waals surface area contributed by atoms with Gasteiger partial charge in [0.25, 0.3) is 0 Å². The molecule has 4 nitrogen and oxygen atoms in total. The minimum absolute atomic E-state index is 0. The van der Waals surface area contributed by atoms with Gasteiger partial charge in [-0.25, -0.2) is 8.42 Å². The quantitative estimate of drug-likeness (QED) is 0.853. The lowest BCUT2D eigenvalue weighted by Crippen LogP contribution is -2.45. The molecule has 21 heavy (non-hydrogen) atoms. The van der Waals surface area contributed by atoms with Crippen molar-refractivity contribution in [3.63, 3.8) is 0 Å². The number of halogens is 2. The Bertz CT molecular complexity index is 593. The monoisotopic (exact) mass is 396 g/mol. The van der Waals surface area contributed by atoms with E-state index in [0.717, 1.165) is 18.4 Å². The maximum absolute atomic E-state index is 12.8. The van der Waals surface area contributed by atoms with Gasteiger partial charge in [-0.1, -0.05) is 6.07 Å². The first-order chi connectivity index (χ1) is 9.32. The number of hydrogen-bond acceptors (Lipinski definition) is 3. The Morgan fingerprint density at radius 2 is 2.10 bits per heavy atom. The van der Waals surface area contributed by atoms with Crippen LogP contribution in [0.4, 0.5) is 0 Å². The molecule has 0 aliphatic carbocycles. The van der Waals surface area contributed by atoms with Crippen LogP contribution in [0.25, 0.3) is 0 Å². The summed E-state index contributed by atoms with van der Waals surface area (Å²) in [5.41, 5.74) is 6.87. The summed E-state index contributed by atoms with van der Waals surface area (Å²) in [5.74, 6) is 0.238. The van der Waals surface area contributed by atoms with Crippen molar-refractivity contribution >= 4 is 38.4 Å². The molecular formula is C14H22BrClN2O2S. The number of nitrogens with zero attached hydrogens (tertiary/aromatic N) is 1. The van der Waals surface area contributed by atoms with Gasteiger partial charge in [-0.3, -0.25) is 0 Å². The van der Waals surface area contributed by atoms with Crippen LogP contribution in [0.1, 0.15) is 25.3 Å². The van der Waals surface area contributed by atoms with E-state index in [1.165, 1.54) is 0 Å². The van der Waals surface area contributed by atoms with E-state index in [1.807, 2.05) is 19.9 Å². The van der Waals surface area contributed by atoms with Crippen LogP contribution in [0.15, 0.2) is 27.6 Å².